The fourth-order valence-electron chi connectivity index (χ4n) is 6.77. The molecular formula is C32H29NO6. The molecule has 2 amide bonds. The molecule has 1 saturated heterocycles. The molecular weight excluding hydrogens is 494 g/mol. The van der Waals surface area contributed by atoms with Crippen molar-refractivity contribution in [3.05, 3.63) is 88.0 Å². The zero-order valence-corrected chi connectivity index (χ0v) is 22.1. The van der Waals surface area contributed by atoms with Crippen LogP contribution in [-0.2, 0) is 25.6 Å². The average molecular weight is 524 g/mol. The van der Waals surface area contributed by atoms with E-state index in [1.807, 2.05) is 37.3 Å². The van der Waals surface area contributed by atoms with E-state index in [2.05, 4.69) is 0 Å². The number of fused-ring (bicyclic) bond motifs is 3. The van der Waals surface area contributed by atoms with Crippen LogP contribution < -0.4 is 9.64 Å². The molecule has 2 aromatic rings. The van der Waals surface area contributed by atoms with E-state index in [0.717, 1.165) is 17.6 Å². The lowest BCUT2D eigenvalue weighted by Gasteiger charge is -2.42. The van der Waals surface area contributed by atoms with E-state index >= 15 is 0 Å². The predicted octanol–water partition coefficient (Wildman–Crippen LogP) is 4.60. The van der Waals surface area contributed by atoms with Gasteiger partial charge in [0.15, 0.2) is 23.1 Å². The van der Waals surface area contributed by atoms with E-state index in [-0.39, 0.29) is 41.3 Å². The Morgan fingerprint density at radius 3 is 2.44 bits per heavy atom. The Kier molecular flexibility index (Phi) is 5.90. The van der Waals surface area contributed by atoms with Gasteiger partial charge in [-0.2, -0.15) is 0 Å². The molecule has 7 nitrogen and oxygen atoms in total. The molecule has 4 aliphatic rings. The Hall–Kier alpha value is -4.26. The van der Waals surface area contributed by atoms with Gasteiger partial charge < -0.3 is 9.84 Å². The van der Waals surface area contributed by atoms with Crippen LogP contribution >= 0.6 is 0 Å². The minimum atomic E-state index is -0.631. The van der Waals surface area contributed by atoms with Crippen molar-refractivity contribution in [3.8, 4) is 11.5 Å². The number of hydrogen-bond donors (Lipinski definition) is 1. The van der Waals surface area contributed by atoms with Crippen LogP contribution in [0, 0.1) is 17.8 Å². The maximum absolute atomic E-state index is 14.0. The molecule has 7 heteroatoms. The van der Waals surface area contributed by atoms with Gasteiger partial charge in [0.25, 0.3) is 0 Å². The molecule has 1 aliphatic heterocycles. The molecule has 198 valence electrons. The lowest BCUT2D eigenvalue weighted by atomic mass is 9.59. The number of phenolic OH excluding ortho intramolecular Hbond substituents is 1. The summed E-state index contributed by atoms with van der Waals surface area (Å²) in [6.07, 6.45) is 4.81. The van der Waals surface area contributed by atoms with Crippen molar-refractivity contribution in [3.63, 3.8) is 0 Å². The maximum Gasteiger partial charge on any atom is 0.238 e. The number of aryl methyl sites for hydroxylation is 1. The van der Waals surface area contributed by atoms with Crippen molar-refractivity contribution in [1.82, 2.24) is 0 Å². The van der Waals surface area contributed by atoms with Crippen LogP contribution in [0.2, 0.25) is 0 Å². The SMILES string of the molecule is CCc1ccc(N2C(=O)[C@H]3[C@H](CC=C4[C@H](c5ccc(O)c(OC)c5)C5=C(C[C@H]43)C(=O)C(C)=CC5=O)C2=O)cc1. The Morgan fingerprint density at radius 1 is 1.00 bits per heavy atom. The third-order valence-corrected chi connectivity index (χ3v) is 8.70. The Balaban J connectivity index is 1.47. The van der Waals surface area contributed by atoms with Gasteiger partial charge in [0.05, 0.1) is 24.6 Å². The lowest BCUT2D eigenvalue weighted by Crippen LogP contribution is -2.39. The first-order valence-corrected chi connectivity index (χ1v) is 13.3. The largest absolute Gasteiger partial charge is 0.504 e. The smallest absolute Gasteiger partial charge is 0.238 e. The quantitative estimate of drug-likeness (QED) is 0.357. The van der Waals surface area contributed by atoms with Crippen LogP contribution in [0.4, 0.5) is 5.69 Å². The van der Waals surface area contributed by atoms with Gasteiger partial charge in [-0.25, -0.2) is 0 Å². The minimum Gasteiger partial charge on any atom is -0.504 e. The number of rotatable bonds is 4. The van der Waals surface area contributed by atoms with Gasteiger partial charge in [0.2, 0.25) is 11.8 Å². The highest BCUT2D eigenvalue weighted by Crippen LogP contribution is 2.55. The number of imide groups is 1. The summed E-state index contributed by atoms with van der Waals surface area (Å²) in [5.41, 5.74) is 4.39. The van der Waals surface area contributed by atoms with E-state index in [9.17, 15) is 24.3 Å². The highest BCUT2D eigenvalue weighted by Gasteiger charge is 2.56. The molecule has 1 N–H and O–H groups in total. The summed E-state index contributed by atoms with van der Waals surface area (Å²) in [6.45, 7) is 3.67. The molecule has 3 aliphatic carbocycles. The van der Waals surface area contributed by atoms with Gasteiger partial charge >= 0.3 is 0 Å². The number of benzene rings is 2. The third-order valence-electron chi connectivity index (χ3n) is 8.70. The van der Waals surface area contributed by atoms with E-state index in [4.69, 9.17) is 4.74 Å². The number of nitrogens with zero attached hydrogens (tertiary/aromatic N) is 1. The minimum absolute atomic E-state index is 0.0383. The fraction of sp³-hybridized carbons (Fsp3) is 0.312. The number of phenols is 1. The first kappa shape index (κ1) is 25.0. The molecule has 39 heavy (non-hydrogen) atoms. The average Bonchev–Trinajstić information content (AvgIpc) is 3.20. The van der Waals surface area contributed by atoms with Crippen LogP contribution in [0.1, 0.15) is 43.7 Å². The molecule has 0 aromatic heterocycles. The van der Waals surface area contributed by atoms with Gasteiger partial charge in [-0.05, 0) is 73.6 Å². The van der Waals surface area contributed by atoms with Gasteiger partial charge in [-0.1, -0.05) is 36.8 Å². The van der Waals surface area contributed by atoms with Crippen molar-refractivity contribution >= 4 is 29.1 Å². The number of methoxy groups -OCH3 is 1. The van der Waals surface area contributed by atoms with Crippen molar-refractivity contribution in [2.45, 2.75) is 39.0 Å². The summed E-state index contributed by atoms with van der Waals surface area (Å²) in [6, 6.07) is 12.4. The van der Waals surface area contributed by atoms with Gasteiger partial charge in [-0.3, -0.25) is 24.1 Å². The van der Waals surface area contributed by atoms with Crippen molar-refractivity contribution in [1.29, 1.82) is 0 Å². The van der Waals surface area contributed by atoms with Crippen LogP contribution in [0.25, 0.3) is 0 Å². The van der Waals surface area contributed by atoms with E-state index < -0.39 is 23.7 Å². The van der Waals surface area contributed by atoms with Crippen molar-refractivity contribution in [2.75, 3.05) is 12.0 Å². The first-order chi connectivity index (χ1) is 18.7. The standard InChI is InChI=1S/C32H29NO6/c1-4-17-5-8-19(9-6-17)33-31(37)21-11-10-20-22(28(21)32(33)38)15-23-29(25(35)13-16(2)30(23)36)27(20)18-7-12-24(34)26(14-18)39-3/h5-10,12-14,21-22,27-28,34H,4,11,15H2,1-3H3/t21-,22+,27-,28-/m0/s1. The molecule has 6 rings (SSSR count). The molecule has 0 spiro atoms. The summed E-state index contributed by atoms with van der Waals surface area (Å²) in [4.78, 5) is 55.6. The van der Waals surface area contributed by atoms with Crippen LogP contribution in [0.5, 0.6) is 11.5 Å². The number of anilines is 1. The summed E-state index contributed by atoms with van der Waals surface area (Å²) < 4.78 is 5.34. The van der Waals surface area contributed by atoms with Crippen LogP contribution in [-0.4, -0.2) is 35.6 Å². The van der Waals surface area contributed by atoms with Crippen LogP contribution in [0.3, 0.4) is 0 Å². The number of ketones is 2. The zero-order valence-electron chi connectivity index (χ0n) is 22.1. The van der Waals surface area contributed by atoms with Gasteiger partial charge in [0, 0.05) is 22.6 Å². The number of amides is 2. The van der Waals surface area contributed by atoms with Crippen molar-refractivity contribution in [2.24, 2.45) is 17.8 Å². The second-order valence-corrected chi connectivity index (χ2v) is 10.7. The molecule has 0 saturated carbocycles. The molecule has 1 heterocycles. The second-order valence-electron chi connectivity index (χ2n) is 10.7. The Morgan fingerprint density at radius 2 is 1.74 bits per heavy atom. The van der Waals surface area contributed by atoms with E-state index in [0.29, 0.717) is 34.4 Å². The first-order valence-electron chi connectivity index (χ1n) is 13.3. The summed E-state index contributed by atoms with van der Waals surface area (Å²) >= 11 is 0. The summed E-state index contributed by atoms with van der Waals surface area (Å²) in [5.74, 6) is -2.87. The number of allylic oxidation sites excluding steroid dienone is 6. The number of aromatic hydroxyl groups is 1. The maximum atomic E-state index is 14.0. The number of carbonyl (C=O) groups is 4. The number of Topliss-reactive ketones (excluding diaryl/α,β-unsaturated/α-hetero) is 1. The van der Waals surface area contributed by atoms with E-state index in [1.54, 1.807) is 19.1 Å². The zero-order chi connectivity index (χ0) is 27.6. The highest BCUT2D eigenvalue weighted by molar-refractivity contribution is 6.25. The normalized spacial score (nSPS) is 26.2. The molecule has 1 fully saturated rings. The number of carbonyl (C=O) groups excluding carboxylic acids is 4. The second kappa shape index (κ2) is 9.19. The van der Waals surface area contributed by atoms with Gasteiger partial charge in [-0.15, -0.1) is 0 Å². The molecule has 2 aromatic carbocycles. The van der Waals surface area contributed by atoms with E-state index in [1.165, 1.54) is 24.2 Å². The lowest BCUT2D eigenvalue weighted by molar-refractivity contribution is -0.123. The molecule has 4 atom stereocenters. The number of hydrogen-bond acceptors (Lipinski definition) is 6. The third kappa shape index (κ3) is 3.71. The predicted molar refractivity (Wildman–Crippen MR) is 144 cm³/mol. The van der Waals surface area contributed by atoms with Gasteiger partial charge in [0.1, 0.15) is 0 Å². The number of ether oxygens (including phenoxy) is 1. The Bertz CT molecular complexity index is 1540. The molecule has 0 unspecified atom stereocenters. The summed E-state index contributed by atoms with van der Waals surface area (Å²) in [7, 11) is 1.45. The fourth-order valence-corrected chi connectivity index (χ4v) is 6.77. The topological polar surface area (TPSA) is 101 Å². The monoisotopic (exact) mass is 523 g/mol. The molecule has 0 bridgehead atoms. The van der Waals surface area contributed by atoms with Crippen LogP contribution in [0.15, 0.2) is 76.9 Å². The molecule has 0 radical (unpaired) electrons. The van der Waals surface area contributed by atoms with Crippen molar-refractivity contribution < 1.29 is 29.0 Å². The summed E-state index contributed by atoms with van der Waals surface area (Å²) in [5, 5.41) is 10.2. The highest BCUT2D eigenvalue weighted by atomic mass is 16.5. The Labute approximate surface area is 226 Å².